The van der Waals surface area contributed by atoms with Gasteiger partial charge in [-0.25, -0.2) is 4.39 Å². The second-order valence-corrected chi connectivity index (χ2v) is 4.28. The van der Waals surface area contributed by atoms with Crippen LogP contribution in [0.1, 0.15) is 11.1 Å². The number of rotatable bonds is 4. The molecule has 4 nitrogen and oxygen atoms in total. The molecule has 0 aliphatic rings. The lowest BCUT2D eigenvalue weighted by Gasteiger charge is -2.14. The number of hydrogen-bond acceptors (Lipinski definition) is 3. The molecule has 0 bridgehead atoms. The molecule has 0 heterocycles. The predicted octanol–water partition coefficient (Wildman–Crippen LogP) is 3.22. The van der Waals surface area contributed by atoms with Crippen LogP contribution in [-0.4, -0.2) is 12.9 Å². The standard InChI is InChI=1S/C15H15FN2O2/c1-9-6-7-11(13(8-9)19-2)20-12-5-3-4-10(16)14(12)15(17)18/h3-8H,1-2H3,(H3,17,18). The third-order valence-electron chi connectivity index (χ3n) is 2.78. The molecule has 104 valence electrons. The highest BCUT2D eigenvalue weighted by Crippen LogP contribution is 2.34. The number of amidine groups is 1. The van der Waals surface area contributed by atoms with Crippen molar-refractivity contribution >= 4 is 5.84 Å². The van der Waals surface area contributed by atoms with Crippen molar-refractivity contribution in [2.75, 3.05) is 7.11 Å². The van der Waals surface area contributed by atoms with Crippen molar-refractivity contribution in [1.29, 1.82) is 5.41 Å². The number of nitrogens with one attached hydrogen (secondary N) is 1. The van der Waals surface area contributed by atoms with Gasteiger partial charge in [-0.05, 0) is 36.8 Å². The van der Waals surface area contributed by atoms with E-state index in [0.29, 0.717) is 11.5 Å². The largest absolute Gasteiger partial charge is 0.493 e. The molecule has 2 aromatic rings. The van der Waals surface area contributed by atoms with Crippen LogP contribution in [0.4, 0.5) is 4.39 Å². The van der Waals surface area contributed by atoms with E-state index in [9.17, 15) is 4.39 Å². The molecule has 0 aromatic heterocycles. The van der Waals surface area contributed by atoms with Crippen molar-refractivity contribution in [1.82, 2.24) is 0 Å². The molecule has 0 amide bonds. The van der Waals surface area contributed by atoms with Crippen molar-refractivity contribution in [2.45, 2.75) is 6.92 Å². The summed E-state index contributed by atoms with van der Waals surface area (Å²) in [6.07, 6.45) is 0. The van der Waals surface area contributed by atoms with Crippen molar-refractivity contribution in [3.05, 3.63) is 53.3 Å². The zero-order valence-corrected chi connectivity index (χ0v) is 11.2. The summed E-state index contributed by atoms with van der Waals surface area (Å²) in [6, 6.07) is 9.67. The van der Waals surface area contributed by atoms with E-state index in [1.807, 2.05) is 19.1 Å². The van der Waals surface area contributed by atoms with Gasteiger partial charge in [0.2, 0.25) is 0 Å². The van der Waals surface area contributed by atoms with Crippen LogP contribution in [0.3, 0.4) is 0 Å². The van der Waals surface area contributed by atoms with Crippen LogP contribution in [0, 0.1) is 18.2 Å². The summed E-state index contributed by atoms with van der Waals surface area (Å²) in [4.78, 5) is 0. The van der Waals surface area contributed by atoms with Gasteiger partial charge in [0.15, 0.2) is 11.5 Å². The summed E-state index contributed by atoms with van der Waals surface area (Å²) >= 11 is 0. The fourth-order valence-electron chi connectivity index (χ4n) is 1.83. The number of ether oxygens (including phenoxy) is 2. The number of aryl methyl sites for hydroxylation is 1. The van der Waals surface area contributed by atoms with Crippen LogP contribution in [0.15, 0.2) is 36.4 Å². The first kappa shape index (κ1) is 13.9. The Labute approximate surface area is 116 Å². The second-order valence-electron chi connectivity index (χ2n) is 4.28. The number of nitrogen functional groups attached to an aromatic ring is 1. The lowest BCUT2D eigenvalue weighted by atomic mass is 10.1. The molecule has 0 aliphatic heterocycles. The van der Waals surface area contributed by atoms with Crippen molar-refractivity contribution < 1.29 is 13.9 Å². The van der Waals surface area contributed by atoms with E-state index in [-0.39, 0.29) is 17.1 Å². The maximum atomic E-state index is 13.7. The topological polar surface area (TPSA) is 68.3 Å². The molecule has 0 saturated heterocycles. The molecule has 5 heteroatoms. The first-order chi connectivity index (χ1) is 9.52. The Morgan fingerprint density at radius 1 is 1.15 bits per heavy atom. The molecule has 0 radical (unpaired) electrons. The van der Waals surface area contributed by atoms with Gasteiger partial charge < -0.3 is 15.2 Å². The molecule has 0 fully saturated rings. The maximum absolute atomic E-state index is 13.7. The summed E-state index contributed by atoms with van der Waals surface area (Å²) in [5.74, 6) is 0.167. The monoisotopic (exact) mass is 274 g/mol. The smallest absolute Gasteiger partial charge is 0.169 e. The van der Waals surface area contributed by atoms with E-state index in [1.54, 1.807) is 12.1 Å². The van der Waals surface area contributed by atoms with Crippen LogP contribution in [0.5, 0.6) is 17.2 Å². The molecule has 0 aliphatic carbocycles. The van der Waals surface area contributed by atoms with Gasteiger partial charge in [0, 0.05) is 0 Å². The maximum Gasteiger partial charge on any atom is 0.169 e. The van der Waals surface area contributed by atoms with E-state index >= 15 is 0 Å². The number of methoxy groups -OCH3 is 1. The van der Waals surface area contributed by atoms with Gasteiger partial charge in [-0.1, -0.05) is 12.1 Å². The minimum atomic E-state index is -0.596. The number of benzene rings is 2. The molecule has 2 aromatic carbocycles. The van der Waals surface area contributed by atoms with Gasteiger partial charge in [0.05, 0.1) is 12.7 Å². The quantitative estimate of drug-likeness (QED) is 0.664. The highest BCUT2D eigenvalue weighted by Gasteiger charge is 2.15. The molecule has 0 unspecified atom stereocenters. The fraction of sp³-hybridized carbons (Fsp3) is 0.133. The highest BCUT2D eigenvalue weighted by atomic mass is 19.1. The first-order valence-electron chi connectivity index (χ1n) is 5.98. The predicted molar refractivity (Wildman–Crippen MR) is 75.2 cm³/mol. The van der Waals surface area contributed by atoms with Crippen LogP contribution < -0.4 is 15.2 Å². The zero-order valence-electron chi connectivity index (χ0n) is 11.2. The average molecular weight is 274 g/mol. The van der Waals surface area contributed by atoms with E-state index in [2.05, 4.69) is 0 Å². The Hall–Kier alpha value is -2.56. The number of hydrogen-bond donors (Lipinski definition) is 2. The Kier molecular flexibility index (Phi) is 3.89. The molecule has 20 heavy (non-hydrogen) atoms. The molecule has 0 spiro atoms. The molecule has 2 rings (SSSR count). The van der Waals surface area contributed by atoms with E-state index in [0.717, 1.165) is 5.56 Å². The van der Waals surface area contributed by atoms with Crippen LogP contribution in [-0.2, 0) is 0 Å². The summed E-state index contributed by atoms with van der Waals surface area (Å²) < 4.78 is 24.6. The van der Waals surface area contributed by atoms with Gasteiger partial charge in [0.25, 0.3) is 0 Å². The lowest BCUT2D eigenvalue weighted by Crippen LogP contribution is -2.14. The minimum absolute atomic E-state index is 0.0601. The van der Waals surface area contributed by atoms with E-state index in [1.165, 1.54) is 19.2 Å². The van der Waals surface area contributed by atoms with E-state index < -0.39 is 5.82 Å². The lowest BCUT2D eigenvalue weighted by molar-refractivity contribution is 0.377. The molecule has 0 saturated carbocycles. The summed E-state index contributed by atoms with van der Waals surface area (Å²) in [6.45, 7) is 1.93. The summed E-state index contributed by atoms with van der Waals surface area (Å²) in [7, 11) is 1.53. The number of halogens is 1. The van der Waals surface area contributed by atoms with Crippen molar-refractivity contribution in [3.63, 3.8) is 0 Å². The van der Waals surface area contributed by atoms with Gasteiger partial charge in [-0.15, -0.1) is 0 Å². The van der Waals surface area contributed by atoms with Gasteiger partial charge in [-0.2, -0.15) is 0 Å². The van der Waals surface area contributed by atoms with Crippen molar-refractivity contribution in [3.8, 4) is 17.2 Å². The minimum Gasteiger partial charge on any atom is -0.493 e. The van der Waals surface area contributed by atoms with E-state index in [4.69, 9.17) is 20.6 Å². The van der Waals surface area contributed by atoms with Crippen LogP contribution in [0.2, 0.25) is 0 Å². The Bertz CT molecular complexity index is 656. The molecule has 3 N–H and O–H groups in total. The Balaban J connectivity index is 2.45. The fourth-order valence-corrected chi connectivity index (χ4v) is 1.83. The second kappa shape index (κ2) is 5.61. The molecular weight excluding hydrogens is 259 g/mol. The third kappa shape index (κ3) is 2.71. The van der Waals surface area contributed by atoms with Crippen LogP contribution in [0.25, 0.3) is 0 Å². The first-order valence-corrected chi connectivity index (χ1v) is 5.98. The van der Waals surface area contributed by atoms with Gasteiger partial charge in [0.1, 0.15) is 17.4 Å². The SMILES string of the molecule is COc1cc(C)ccc1Oc1cccc(F)c1C(=N)N. The summed E-state index contributed by atoms with van der Waals surface area (Å²) in [5.41, 5.74) is 6.35. The summed E-state index contributed by atoms with van der Waals surface area (Å²) in [5, 5.41) is 7.44. The van der Waals surface area contributed by atoms with Crippen LogP contribution >= 0.6 is 0 Å². The van der Waals surface area contributed by atoms with Crippen molar-refractivity contribution in [2.24, 2.45) is 5.73 Å². The molecule has 0 atom stereocenters. The normalized spacial score (nSPS) is 10.2. The zero-order chi connectivity index (χ0) is 14.7. The average Bonchev–Trinajstić information content (AvgIpc) is 2.40. The van der Waals surface area contributed by atoms with Gasteiger partial charge >= 0.3 is 0 Å². The highest BCUT2D eigenvalue weighted by molar-refractivity contribution is 5.98. The van der Waals surface area contributed by atoms with Gasteiger partial charge in [-0.3, -0.25) is 5.41 Å². The number of nitrogens with two attached hydrogens (primary N) is 1. The Morgan fingerprint density at radius 2 is 1.90 bits per heavy atom. The molecular formula is C15H15FN2O2. The third-order valence-corrected chi connectivity index (χ3v) is 2.78. The Morgan fingerprint density at radius 3 is 2.55 bits per heavy atom.